The zero-order chi connectivity index (χ0) is 22.3. The molecule has 0 saturated carbocycles. The molecule has 0 aliphatic carbocycles. The first-order valence-electron chi connectivity index (χ1n) is 9.69. The number of hydrogen-bond acceptors (Lipinski definition) is 6. The van der Waals surface area contributed by atoms with Crippen LogP contribution in [0.2, 0.25) is 10.0 Å². The fourth-order valence-corrected chi connectivity index (χ4v) is 4.66. The number of carbonyl (C=O) groups excluding carboxylic acids is 1. The Kier molecular flexibility index (Phi) is 9.58. The minimum absolute atomic E-state index is 0.145. The fraction of sp³-hybridized carbons (Fsp3) is 0.333. The Labute approximate surface area is 195 Å². The third kappa shape index (κ3) is 5.95. The summed E-state index contributed by atoms with van der Waals surface area (Å²) in [5, 5.41) is 9.68. The first kappa shape index (κ1) is 24.6. The molecule has 30 heavy (non-hydrogen) atoms. The van der Waals surface area contributed by atoms with E-state index in [1.807, 2.05) is 37.4 Å². The summed E-state index contributed by atoms with van der Waals surface area (Å²) >= 11 is 15.2. The molecule has 0 radical (unpaired) electrons. The summed E-state index contributed by atoms with van der Waals surface area (Å²) in [5.41, 5.74) is 7.96. The standard InChI is InChI=1S/C19H20Cl2N4OS2.C2H6/c1-10(2)16-15(11-3-4-12(20)13(21)9-11)25-19(28-16)24-14-5-8-27-17(14)18(26)23-7-6-22;1-2/h3-5,8-10H,6-7,22H2,1-2H3,(H,23,26)(H,24,25);1-2H3. The third-order valence-electron chi connectivity index (χ3n) is 3.91. The summed E-state index contributed by atoms with van der Waals surface area (Å²) in [6.07, 6.45) is 0. The van der Waals surface area contributed by atoms with Gasteiger partial charge in [-0.05, 0) is 29.5 Å². The van der Waals surface area contributed by atoms with Crippen LogP contribution in [-0.2, 0) is 0 Å². The van der Waals surface area contributed by atoms with Crippen molar-refractivity contribution in [1.29, 1.82) is 0 Å². The van der Waals surface area contributed by atoms with Gasteiger partial charge in [-0.25, -0.2) is 4.98 Å². The number of nitrogens with one attached hydrogen (secondary N) is 2. The Morgan fingerprint density at radius 1 is 1.20 bits per heavy atom. The highest BCUT2D eigenvalue weighted by molar-refractivity contribution is 7.16. The van der Waals surface area contributed by atoms with Crippen molar-refractivity contribution < 1.29 is 4.79 Å². The first-order chi connectivity index (χ1) is 14.4. The molecular formula is C21H26Cl2N4OS2. The number of halogens is 2. The topological polar surface area (TPSA) is 80.0 Å². The molecule has 4 N–H and O–H groups in total. The Balaban J connectivity index is 0.00000155. The Hall–Kier alpha value is -1.64. The number of thiophene rings is 1. The molecule has 0 atom stereocenters. The van der Waals surface area contributed by atoms with Gasteiger partial charge in [-0.15, -0.1) is 22.7 Å². The summed E-state index contributed by atoms with van der Waals surface area (Å²) in [4.78, 5) is 18.8. The molecule has 0 spiro atoms. The van der Waals surface area contributed by atoms with E-state index in [-0.39, 0.29) is 11.8 Å². The molecule has 0 aliphatic rings. The molecule has 9 heteroatoms. The molecule has 0 saturated heterocycles. The van der Waals surface area contributed by atoms with Gasteiger partial charge in [0, 0.05) is 23.5 Å². The van der Waals surface area contributed by atoms with Crippen molar-refractivity contribution in [3.05, 3.63) is 49.4 Å². The molecular weight excluding hydrogens is 459 g/mol. The van der Waals surface area contributed by atoms with Gasteiger partial charge in [0.2, 0.25) is 0 Å². The van der Waals surface area contributed by atoms with E-state index in [1.165, 1.54) is 11.3 Å². The van der Waals surface area contributed by atoms with Crippen molar-refractivity contribution in [2.24, 2.45) is 5.73 Å². The summed E-state index contributed by atoms with van der Waals surface area (Å²) in [6, 6.07) is 7.38. The van der Waals surface area contributed by atoms with Crippen LogP contribution in [0.25, 0.3) is 11.3 Å². The second-order valence-corrected chi connectivity index (χ2v) is 9.11. The van der Waals surface area contributed by atoms with Crippen LogP contribution in [0.4, 0.5) is 10.8 Å². The van der Waals surface area contributed by atoms with Gasteiger partial charge >= 0.3 is 0 Å². The van der Waals surface area contributed by atoms with Crippen LogP contribution in [0.5, 0.6) is 0 Å². The van der Waals surface area contributed by atoms with Crippen LogP contribution in [0.1, 0.15) is 48.2 Å². The fourth-order valence-electron chi connectivity index (χ4n) is 2.59. The van der Waals surface area contributed by atoms with Crippen molar-refractivity contribution in [3.8, 4) is 11.3 Å². The Morgan fingerprint density at radius 3 is 2.57 bits per heavy atom. The second-order valence-electron chi connectivity index (χ2n) is 6.35. The lowest BCUT2D eigenvalue weighted by molar-refractivity contribution is 0.0959. The van der Waals surface area contributed by atoms with Gasteiger partial charge in [-0.2, -0.15) is 0 Å². The van der Waals surface area contributed by atoms with Crippen molar-refractivity contribution in [1.82, 2.24) is 10.3 Å². The van der Waals surface area contributed by atoms with Crippen LogP contribution in [0, 0.1) is 0 Å². The summed E-state index contributed by atoms with van der Waals surface area (Å²) in [5.74, 6) is 0.139. The molecule has 0 unspecified atom stereocenters. The van der Waals surface area contributed by atoms with E-state index in [1.54, 1.807) is 17.4 Å². The zero-order valence-corrected chi connectivity index (χ0v) is 20.5. The molecule has 2 heterocycles. The number of benzene rings is 1. The maximum Gasteiger partial charge on any atom is 0.263 e. The highest BCUT2D eigenvalue weighted by atomic mass is 35.5. The van der Waals surface area contributed by atoms with Gasteiger partial charge in [0.15, 0.2) is 5.13 Å². The van der Waals surface area contributed by atoms with Crippen LogP contribution < -0.4 is 16.4 Å². The van der Waals surface area contributed by atoms with Gasteiger partial charge in [-0.1, -0.05) is 57.0 Å². The van der Waals surface area contributed by atoms with E-state index in [2.05, 4.69) is 24.5 Å². The van der Waals surface area contributed by atoms with Crippen molar-refractivity contribution in [3.63, 3.8) is 0 Å². The number of anilines is 2. The van der Waals surface area contributed by atoms with Crippen molar-refractivity contribution >= 4 is 62.6 Å². The summed E-state index contributed by atoms with van der Waals surface area (Å²) in [7, 11) is 0. The molecule has 1 amide bonds. The Morgan fingerprint density at radius 2 is 1.93 bits per heavy atom. The molecule has 0 aliphatic heterocycles. The smallest absolute Gasteiger partial charge is 0.263 e. The van der Waals surface area contributed by atoms with E-state index in [4.69, 9.17) is 33.9 Å². The monoisotopic (exact) mass is 484 g/mol. The lowest BCUT2D eigenvalue weighted by Crippen LogP contribution is -2.28. The summed E-state index contributed by atoms with van der Waals surface area (Å²) in [6.45, 7) is 9.08. The average molecular weight is 486 g/mol. The van der Waals surface area contributed by atoms with E-state index in [0.29, 0.717) is 28.0 Å². The largest absolute Gasteiger partial charge is 0.350 e. The van der Waals surface area contributed by atoms with E-state index in [9.17, 15) is 4.79 Å². The number of nitrogens with two attached hydrogens (primary N) is 1. The van der Waals surface area contributed by atoms with Gasteiger partial charge < -0.3 is 16.4 Å². The van der Waals surface area contributed by atoms with Crippen LogP contribution in [-0.4, -0.2) is 24.0 Å². The predicted octanol–water partition coefficient (Wildman–Crippen LogP) is 6.76. The molecule has 2 aromatic heterocycles. The first-order valence-corrected chi connectivity index (χ1v) is 12.1. The molecule has 5 nitrogen and oxygen atoms in total. The van der Waals surface area contributed by atoms with Crippen molar-refractivity contribution in [2.45, 2.75) is 33.6 Å². The zero-order valence-electron chi connectivity index (χ0n) is 17.4. The number of rotatable bonds is 7. The SMILES string of the molecule is CC.CC(C)c1sc(Nc2ccsc2C(=O)NCCN)nc1-c1ccc(Cl)c(Cl)c1. The lowest BCUT2D eigenvalue weighted by Gasteiger charge is -2.06. The highest BCUT2D eigenvalue weighted by Gasteiger charge is 2.19. The second kappa shape index (κ2) is 11.7. The number of carbonyl (C=O) groups is 1. The van der Waals surface area contributed by atoms with Gasteiger partial charge in [0.25, 0.3) is 5.91 Å². The van der Waals surface area contributed by atoms with Crippen LogP contribution in [0.15, 0.2) is 29.6 Å². The quantitative estimate of drug-likeness (QED) is 0.345. The lowest BCUT2D eigenvalue weighted by atomic mass is 10.1. The minimum atomic E-state index is -0.145. The third-order valence-corrected chi connectivity index (χ3v) is 6.84. The predicted molar refractivity (Wildman–Crippen MR) is 132 cm³/mol. The summed E-state index contributed by atoms with van der Waals surface area (Å²) < 4.78 is 0. The number of amides is 1. The van der Waals surface area contributed by atoms with E-state index in [0.717, 1.165) is 27.0 Å². The number of thiazole rings is 1. The van der Waals surface area contributed by atoms with Gasteiger partial charge in [0.1, 0.15) is 4.88 Å². The van der Waals surface area contributed by atoms with Gasteiger partial charge in [-0.3, -0.25) is 4.79 Å². The van der Waals surface area contributed by atoms with E-state index < -0.39 is 0 Å². The van der Waals surface area contributed by atoms with E-state index >= 15 is 0 Å². The molecule has 0 bridgehead atoms. The maximum absolute atomic E-state index is 12.3. The number of nitrogens with zero attached hydrogens (tertiary/aromatic N) is 1. The van der Waals surface area contributed by atoms with Crippen LogP contribution in [0.3, 0.4) is 0 Å². The minimum Gasteiger partial charge on any atom is -0.350 e. The van der Waals surface area contributed by atoms with Crippen LogP contribution >= 0.6 is 45.9 Å². The van der Waals surface area contributed by atoms with Crippen molar-refractivity contribution in [2.75, 3.05) is 18.4 Å². The number of aromatic nitrogens is 1. The number of hydrogen-bond donors (Lipinski definition) is 3. The normalized spacial score (nSPS) is 10.5. The molecule has 3 rings (SSSR count). The Bertz CT molecular complexity index is 985. The molecule has 1 aromatic carbocycles. The molecule has 0 fully saturated rings. The van der Waals surface area contributed by atoms with Gasteiger partial charge in [0.05, 0.1) is 21.4 Å². The maximum atomic E-state index is 12.3. The molecule has 162 valence electrons. The molecule has 3 aromatic rings. The average Bonchev–Trinajstić information content (AvgIpc) is 3.37. The highest BCUT2D eigenvalue weighted by Crippen LogP contribution is 2.39.